The first-order chi connectivity index (χ1) is 16.8. The van der Waals surface area contributed by atoms with Crippen molar-refractivity contribution < 1.29 is 32.2 Å². The van der Waals surface area contributed by atoms with Crippen LogP contribution < -0.4 is 9.47 Å². The number of methoxy groups -OCH3 is 2. The van der Waals surface area contributed by atoms with Gasteiger partial charge in [0.1, 0.15) is 11.5 Å². The van der Waals surface area contributed by atoms with E-state index in [1.807, 2.05) is 24.3 Å². The lowest BCUT2D eigenvalue weighted by atomic mass is 10.0. The molecule has 3 aromatic rings. The van der Waals surface area contributed by atoms with E-state index in [-0.39, 0.29) is 22.6 Å². The van der Waals surface area contributed by atoms with Crippen LogP contribution in [0.15, 0.2) is 71.6 Å². The van der Waals surface area contributed by atoms with Gasteiger partial charge < -0.3 is 14.2 Å². The largest absolute Gasteiger partial charge is 0.497 e. The average Bonchev–Trinajstić information content (AvgIpc) is 2.90. The van der Waals surface area contributed by atoms with Gasteiger partial charge >= 0.3 is 5.97 Å². The molecule has 0 spiro atoms. The minimum Gasteiger partial charge on any atom is -0.497 e. The Morgan fingerprint density at radius 3 is 2.43 bits per heavy atom. The Bertz CT molecular complexity index is 1370. The number of esters is 1. The monoisotopic (exact) mass is 495 g/mol. The number of benzene rings is 3. The van der Waals surface area contributed by atoms with E-state index in [4.69, 9.17) is 14.2 Å². The van der Waals surface area contributed by atoms with E-state index in [0.29, 0.717) is 24.5 Å². The van der Waals surface area contributed by atoms with E-state index in [1.54, 1.807) is 12.1 Å². The lowest BCUT2D eigenvalue weighted by Gasteiger charge is -2.28. The minimum atomic E-state index is -3.82. The second-order valence-electron chi connectivity index (χ2n) is 7.95. The van der Waals surface area contributed by atoms with Crippen LogP contribution in [-0.2, 0) is 27.7 Å². The van der Waals surface area contributed by atoms with E-state index < -0.39 is 28.4 Å². The summed E-state index contributed by atoms with van der Waals surface area (Å²) in [4.78, 5) is 25.2. The van der Waals surface area contributed by atoms with Gasteiger partial charge in [-0.25, -0.2) is 13.2 Å². The van der Waals surface area contributed by atoms with Gasteiger partial charge in [0.05, 0.1) is 30.2 Å². The molecule has 0 unspecified atom stereocenters. The molecular formula is C26H25NO7S. The topological polar surface area (TPSA) is 99.2 Å². The summed E-state index contributed by atoms with van der Waals surface area (Å²) in [6, 6.07) is 18.1. The highest BCUT2D eigenvalue weighted by Crippen LogP contribution is 2.27. The number of ketones is 1. The van der Waals surface area contributed by atoms with Gasteiger partial charge in [-0.2, -0.15) is 4.31 Å². The van der Waals surface area contributed by atoms with Crippen LogP contribution in [0.1, 0.15) is 31.8 Å². The number of hydrogen-bond donors (Lipinski definition) is 0. The quantitative estimate of drug-likeness (QED) is 0.348. The maximum atomic E-state index is 13.2. The Labute approximate surface area is 204 Å². The fourth-order valence-electron chi connectivity index (χ4n) is 3.93. The maximum absolute atomic E-state index is 13.2. The molecule has 0 N–H and O–H groups in total. The Hall–Kier alpha value is -3.69. The van der Waals surface area contributed by atoms with Crippen molar-refractivity contribution in [1.29, 1.82) is 0 Å². The summed E-state index contributed by atoms with van der Waals surface area (Å²) < 4.78 is 43.4. The van der Waals surface area contributed by atoms with Gasteiger partial charge in [-0.05, 0) is 47.9 Å². The van der Waals surface area contributed by atoms with Crippen LogP contribution in [0.5, 0.6) is 11.5 Å². The van der Waals surface area contributed by atoms with Crippen LogP contribution in [0.25, 0.3) is 0 Å². The van der Waals surface area contributed by atoms with Gasteiger partial charge in [-0.1, -0.05) is 30.3 Å². The second kappa shape index (κ2) is 10.3. The zero-order chi connectivity index (χ0) is 25.0. The van der Waals surface area contributed by atoms with Crippen LogP contribution in [0.4, 0.5) is 0 Å². The lowest BCUT2D eigenvalue weighted by Crippen LogP contribution is -2.36. The molecule has 0 radical (unpaired) electrons. The Kier molecular flexibility index (Phi) is 7.18. The molecule has 0 saturated carbocycles. The molecule has 0 fully saturated rings. The van der Waals surface area contributed by atoms with Crippen LogP contribution in [-0.4, -0.2) is 51.8 Å². The molecule has 0 aliphatic carbocycles. The molecule has 0 aromatic heterocycles. The summed E-state index contributed by atoms with van der Waals surface area (Å²) in [5.41, 5.74) is 2.38. The number of fused-ring (bicyclic) bond motifs is 1. The predicted molar refractivity (Wildman–Crippen MR) is 128 cm³/mol. The van der Waals surface area contributed by atoms with Crippen molar-refractivity contribution in [2.24, 2.45) is 0 Å². The molecular weight excluding hydrogens is 470 g/mol. The van der Waals surface area contributed by atoms with Crippen molar-refractivity contribution in [3.05, 3.63) is 89.0 Å². The predicted octanol–water partition coefficient (Wildman–Crippen LogP) is 3.49. The van der Waals surface area contributed by atoms with Gasteiger partial charge in [0.25, 0.3) is 0 Å². The van der Waals surface area contributed by atoms with Crippen LogP contribution in [0, 0.1) is 0 Å². The number of rotatable bonds is 8. The third kappa shape index (κ3) is 5.21. The molecule has 1 aliphatic heterocycles. The highest BCUT2D eigenvalue weighted by molar-refractivity contribution is 7.89. The first-order valence-corrected chi connectivity index (χ1v) is 12.4. The van der Waals surface area contributed by atoms with Crippen LogP contribution in [0.2, 0.25) is 0 Å². The van der Waals surface area contributed by atoms with Crippen molar-refractivity contribution in [3.8, 4) is 11.5 Å². The highest BCUT2D eigenvalue weighted by Gasteiger charge is 2.29. The van der Waals surface area contributed by atoms with Gasteiger partial charge in [-0.3, -0.25) is 4.79 Å². The fourth-order valence-corrected chi connectivity index (χ4v) is 5.39. The molecule has 35 heavy (non-hydrogen) atoms. The third-order valence-corrected chi connectivity index (χ3v) is 7.69. The first-order valence-electron chi connectivity index (χ1n) is 10.9. The molecule has 0 amide bonds. The van der Waals surface area contributed by atoms with E-state index in [2.05, 4.69) is 0 Å². The lowest BCUT2D eigenvalue weighted by molar-refractivity contribution is 0.0473. The van der Waals surface area contributed by atoms with E-state index in [9.17, 15) is 18.0 Å². The fraction of sp³-hybridized carbons (Fsp3) is 0.231. The summed E-state index contributed by atoms with van der Waals surface area (Å²) in [7, 11) is -0.903. The Balaban J connectivity index is 1.46. The summed E-state index contributed by atoms with van der Waals surface area (Å²) >= 11 is 0. The molecule has 1 heterocycles. The molecule has 3 aromatic carbocycles. The number of nitrogens with zero attached hydrogens (tertiary/aromatic N) is 1. The van der Waals surface area contributed by atoms with Gasteiger partial charge in [0.2, 0.25) is 15.8 Å². The number of carbonyl (C=O) groups is 2. The molecule has 8 nitrogen and oxygen atoms in total. The third-order valence-electron chi connectivity index (χ3n) is 5.85. The van der Waals surface area contributed by atoms with E-state index >= 15 is 0 Å². The summed E-state index contributed by atoms with van der Waals surface area (Å²) in [6.07, 6.45) is 0.619. The Morgan fingerprint density at radius 1 is 0.914 bits per heavy atom. The van der Waals surface area contributed by atoms with Crippen molar-refractivity contribution in [2.45, 2.75) is 17.9 Å². The smallest absolute Gasteiger partial charge is 0.338 e. The first kappa shape index (κ1) is 24.4. The normalized spacial score (nSPS) is 13.5. The van der Waals surface area contributed by atoms with Crippen LogP contribution >= 0.6 is 0 Å². The van der Waals surface area contributed by atoms with Crippen molar-refractivity contribution in [1.82, 2.24) is 4.31 Å². The molecule has 4 rings (SSSR count). The molecule has 9 heteroatoms. The van der Waals surface area contributed by atoms with Crippen molar-refractivity contribution >= 4 is 21.8 Å². The number of Topliss-reactive ketones (excluding diaryl/α,β-unsaturated/α-hetero) is 1. The SMILES string of the molecule is COc1ccc(C(=O)COC(=O)c2cccc(S(=O)(=O)N3CCc4ccccc4C3)c2)c(OC)c1. The number of ether oxygens (including phenoxy) is 3. The van der Waals surface area contributed by atoms with Crippen LogP contribution in [0.3, 0.4) is 0 Å². The van der Waals surface area contributed by atoms with Crippen molar-refractivity contribution in [2.75, 3.05) is 27.4 Å². The summed E-state index contributed by atoms with van der Waals surface area (Å²) in [5, 5.41) is 0. The minimum absolute atomic E-state index is 0.00511. The van der Waals surface area contributed by atoms with E-state index in [1.165, 1.54) is 48.9 Å². The zero-order valence-electron chi connectivity index (χ0n) is 19.4. The highest BCUT2D eigenvalue weighted by atomic mass is 32.2. The van der Waals surface area contributed by atoms with E-state index in [0.717, 1.165) is 11.1 Å². The Morgan fingerprint density at radius 2 is 1.69 bits per heavy atom. The molecule has 1 aliphatic rings. The van der Waals surface area contributed by atoms with Gasteiger partial charge in [-0.15, -0.1) is 0 Å². The van der Waals surface area contributed by atoms with Crippen molar-refractivity contribution in [3.63, 3.8) is 0 Å². The molecule has 0 bridgehead atoms. The number of sulfonamides is 1. The molecule has 0 saturated heterocycles. The second-order valence-corrected chi connectivity index (χ2v) is 9.89. The zero-order valence-corrected chi connectivity index (χ0v) is 20.2. The standard InChI is InChI=1S/C26H25NO7S/c1-32-21-10-11-23(25(15-21)33-2)24(28)17-34-26(29)19-8-5-9-22(14-19)35(30,31)27-13-12-18-6-3-4-7-20(18)16-27/h3-11,14-15H,12-13,16-17H2,1-2H3. The number of carbonyl (C=O) groups excluding carboxylic acids is 2. The molecule has 0 atom stereocenters. The maximum Gasteiger partial charge on any atom is 0.338 e. The van der Waals surface area contributed by atoms with Gasteiger partial charge in [0.15, 0.2) is 6.61 Å². The van der Waals surface area contributed by atoms with Gasteiger partial charge in [0, 0.05) is 19.2 Å². The average molecular weight is 496 g/mol. The number of hydrogen-bond acceptors (Lipinski definition) is 7. The molecule has 182 valence electrons. The summed E-state index contributed by atoms with van der Waals surface area (Å²) in [6.45, 7) is 0.0962. The summed E-state index contributed by atoms with van der Waals surface area (Å²) in [5.74, 6) is -0.451.